The van der Waals surface area contributed by atoms with Gasteiger partial charge in [0.05, 0.1) is 5.56 Å². The Labute approximate surface area is 92.5 Å². The molecule has 0 aromatic heterocycles. The molecular weight excluding hydrogens is 208 g/mol. The van der Waals surface area contributed by atoms with Crippen molar-refractivity contribution in [3.8, 4) is 11.1 Å². The maximum Gasteiger partial charge on any atom is 0.133 e. The quantitative estimate of drug-likeness (QED) is 0.825. The van der Waals surface area contributed by atoms with Crippen LogP contribution in [-0.2, 0) is 6.54 Å². The monoisotopic (exact) mass is 219 g/mol. The number of hydrogen-bond donors (Lipinski definition) is 1. The van der Waals surface area contributed by atoms with Crippen molar-refractivity contribution in [3.05, 3.63) is 59.7 Å². The molecule has 16 heavy (non-hydrogen) atoms. The zero-order chi connectivity index (χ0) is 11.5. The van der Waals surface area contributed by atoms with Gasteiger partial charge in [-0.05, 0) is 23.3 Å². The molecule has 0 heterocycles. The predicted molar refractivity (Wildman–Crippen MR) is 59.7 cm³/mol. The normalized spacial score (nSPS) is 10.4. The van der Waals surface area contributed by atoms with Gasteiger partial charge in [0.25, 0.3) is 0 Å². The minimum atomic E-state index is -0.555. The summed E-state index contributed by atoms with van der Waals surface area (Å²) in [7, 11) is 0. The minimum absolute atomic E-state index is 0.00562. The summed E-state index contributed by atoms with van der Waals surface area (Å²) in [6.45, 7) is 0.417. The Hall–Kier alpha value is -1.74. The van der Waals surface area contributed by atoms with Crippen LogP contribution in [0.4, 0.5) is 8.78 Å². The summed E-state index contributed by atoms with van der Waals surface area (Å²) in [5.41, 5.74) is 6.91. The van der Waals surface area contributed by atoms with Gasteiger partial charge in [0, 0.05) is 6.54 Å². The van der Waals surface area contributed by atoms with Crippen molar-refractivity contribution in [2.45, 2.75) is 6.54 Å². The van der Waals surface area contributed by atoms with Crippen LogP contribution < -0.4 is 5.73 Å². The Morgan fingerprint density at radius 3 is 1.94 bits per heavy atom. The molecule has 0 radical (unpaired) electrons. The Balaban J connectivity index is 2.50. The highest BCUT2D eigenvalue weighted by Crippen LogP contribution is 2.25. The first-order chi connectivity index (χ1) is 7.72. The summed E-state index contributed by atoms with van der Waals surface area (Å²) in [6.07, 6.45) is 0. The maximum atomic E-state index is 13.5. The van der Waals surface area contributed by atoms with Crippen molar-refractivity contribution in [2.24, 2.45) is 5.73 Å². The summed E-state index contributed by atoms with van der Waals surface area (Å²) < 4.78 is 26.9. The molecule has 82 valence electrons. The molecule has 0 aliphatic heterocycles. The molecule has 0 atom stereocenters. The van der Waals surface area contributed by atoms with E-state index in [1.165, 1.54) is 18.2 Å². The average Bonchev–Trinajstić information content (AvgIpc) is 2.30. The first-order valence-electron chi connectivity index (χ1n) is 4.96. The third-order valence-corrected chi connectivity index (χ3v) is 2.44. The van der Waals surface area contributed by atoms with E-state index in [4.69, 9.17) is 5.73 Å². The molecular formula is C13H11F2N. The fourth-order valence-electron chi connectivity index (χ4n) is 1.58. The number of rotatable bonds is 2. The highest BCUT2D eigenvalue weighted by atomic mass is 19.1. The lowest BCUT2D eigenvalue weighted by atomic mass is 10.0. The van der Waals surface area contributed by atoms with Gasteiger partial charge in [-0.2, -0.15) is 0 Å². The molecule has 0 saturated carbocycles. The van der Waals surface area contributed by atoms with Crippen molar-refractivity contribution in [1.82, 2.24) is 0 Å². The zero-order valence-electron chi connectivity index (χ0n) is 8.58. The molecule has 0 spiro atoms. The van der Waals surface area contributed by atoms with Crippen LogP contribution in [0.5, 0.6) is 0 Å². The Morgan fingerprint density at radius 2 is 1.44 bits per heavy atom. The maximum absolute atomic E-state index is 13.5. The van der Waals surface area contributed by atoms with Crippen molar-refractivity contribution in [1.29, 1.82) is 0 Å². The molecule has 2 N–H and O–H groups in total. The minimum Gasteiger partial charge on any atom is -0.326 e. The van der Waals surface area contributed by atoms with Gasteiger partial charge in [-0.1, -0.05) is 30.3 Å². The molecule has 0 unspecified atom stereocenters. The third kappa shape index (κ3) is 1.95. The molecule has 1 nitrogen and oxygen atoms in total. The highest BCUT2D eigenvalue weighted by Gasteiger charge is 2.10. The van der Waals surface area contributed by atoms with E-state index in [2.05, 4.69) is 0 Å². The van der Waals surface area contributed by atoms with E-state index < -0.39 is 11.6 Å². The Bertz CT molecular complexity index is 472. The fourth-order valence-corrected chi connectivity index (χ4v) is 1.58. The molecule has 3 heteroatoms. The lowest BCUT2D eigenvalue weighted by Crippen LogP contribution is -1.96. The van der Waals surface area contributed by atoms with Crippen LogP contribution in [0.2, 0.25) is 0 Å². The van der Waals surface area contributed by atoms with Crippen LogP contribution in [0.1, 0.15) is 5.56 Å². The molecule has 0 amide bonds. The second-order valence-electron chi connectivity index (χ2n) is 3.50. The van der Waals surface area contributed by atoms with E-state index in [9.17, 15) is 8.78 Å². The standard InChI is InChI=1S/C13H11F2N/c14-11-2-1-3-12(15)13(11)10-6-4-9(8-16)5-7-10/h1-7H,8,16H2. The molecule has 0 aliphatic rings. The van der Waals surface area contributed by atoms with Gasteiger partial charge in [0.15, 0.2) is 0 Å². The Morgan fingerprint density at radius 1 is 0.875 bits per heavy atom. The number of benzene rings is 2. The van der Waals surface area contributed by atoms with Crippen LogP contribution in [0.25, 0.3) is 11.1 Å². The van der Waals surface area contributed by atoms with Crippen LogP contribution in [-0.4, -0.2) is 0 Å². The predicted octanol–water partition coefficient (Wildman–Crippen LogP) is 3.09. The summed E-state index contributed by atoms with van der Waals surface area (Å²) in [5, 5.41) is 0. The SMILES string of the molecule is NCc1ccc(-c2c(F)cccc2F)cc1. The first-order valence-corrected chi connectivity index (χ1v) is 4.96. The molecule has 2 aromatic carbocycles. The summed E-state index contributed by atoms with van der Waals surface area (Å²) in [6, 6.07) is 10.7. The van der Waals surface area contributed by atoms with Crippen molar-refractivity contribution < 1.29 is 8.78 Å². The van der Waals surface area contributed by atoms with Gasteiger partial charge in [-0.25, -0.2) is 8.78 Å². The molecule has 2 aromatic rings. The lowest BCUT2D eigenvalue weighted by molar-refractivity contribution is 0.589. The van der Waals surface area contributed by atoms with E-state index in [0.29, 0.717) is 12.1 Å². The number of nitrogens with two attached hydrogens (primary N) is 1. The van der Waals surface area contributed by atoms with E-state index >= 15 is 0 Å². The van der Waals surface area contributed by atoms with Crippen molar-refractivity contribution in [2.75, 3.05) is 0 Å². The van der Waals surface area contributed by atoms with Gasteiger partial charge in [0.2, 0.25) is 0 Å². The molecule has 0 saturated heterocycles. The van der Waals surface area contributed by atoms with Crippen molar-refractivity contribution in [3.63, 3.8) is 0 Å². The van der Waals surface area contributed by atoms with E-state index in [1.54, 1.807) is 24.3 Å². The molecule has 0 fully saturated rings. The summed E-state index contributed by atoms with van der Waals surface area (Å²) in [5.74, 6) is -1.11. The van der Waals surface area contributed by atoms with Gasteiger partial charge in [0.1, 0.15) is 11.6 Å². The van der Waals surface area contributed by atoms with Gasteiger partial charge in [-0.15, -0.1) is 0 Å². The first kappa shape index (κ1) is 10.8. The van der Waals surface area contributed by atoms with Gasteiger partial charge < -0.3 is 5.73 Å². The van der Waals surface area contributed by atoms with Crippen molar-refractivity contribution >= 4 is 0 Å². The summed E-state index contributed by atoms with van der Waals surface area (Å²) in [4.78, 5) is 0. The van der Waals surface area contributed by atoms with E-state index in [0.717, 1.165) is 5.56 Å². The van der Waals surface area contributed by atoms with Crippen LogP contribution in [0.15, 0.2) is 42.5 Å². The zero-order valence-corrected chi connectivity index (χ0v) is 8.58. The average molecular weight is 219 g/mol. The molecule has 0 aliphatic carbocycles. The van der Waals surface area contributed by atoms with Gasteiger partial charge >= 0.3 is 0 Å². The number of halogens is 2. The second kappa shape index (κ2) is 4.41. The van der Waals surface area contributed by atoms with Crippen LogP contribution >= 0.6 is 0 Å². The largest absolute Gasteiger partial charge is 0.326 e. The Kier molecular flexibility index (Phi) is 2.97. The van der Waals surface area contributed by atoms with Crippen LogP contribution in [0, 0.1) is 11.6 Å². The number of hydrogen-bond acceptors (Lipinski definition) is 1. The van der Waals surface area contributed by atoms with Gasteiger partial charge in [-0.3, -0.25) is 0 Å². The lowest BCUT2D eigenvalue weighted by Gasteiger charge is -2.05. The summed E-state index contributed by atoms with van der Waals surface area (Å²) >= 11 is 0. The topological polar surface area (TPSA) is 26.0 Å². The highest BCUT2D eigenvalue weighted by molar-refractivity contribution is 5.65. The molecule has 2 rings (SSSR count). The van der Waals surface area contributed by atoms with E-state index in [1.807, 2.05) is 0 Å². The molecule has 0 bridgehead atoms. The third-order valence-electron chi connectivity index (χ3n) is 2.44. The second-order valence-corrected chi connectivity index (χ2v) is 3.50. The fraction of sp³-hybridized carbons (Fsp3) is 0.0769. The van der Waals surface area contributed by atoms with E-state index in [-0.39, 0.29) is 5.56 Å². The van der Waals surface area contributed by atoms with Crippen LogP contribution in [0.3, 0.4) is 0 Å². The smallest absolute Gasteiger partial charge is 0.133 e.